The molecular formula is C29H25F2NOS2. The Morgan fingerprint density at radius 3 is 2.46 bits per heavy atom. The van der Waals surface area contributed by atoms with Gasteiger partial charge in [0.2, 0.25) is 5.91 Å². The van der Waals surface area contributed by atoms with E-state index in [1.54, 1.807) is 30.4 Å². The van der Waals surface area contributed by atoms with E-state index in [1.807, 2.05) is 17.4 Å². The molecule has 3 heterocycles. The van der Waals surface area contributed by atoms with Gasteiger partial charge in [-0.15, -0.1) is 22.7 Å². The first kappa shape index (κ1) is 23.7. The van der Waals surface area contributed by atoms with Gasteiger partial charge in [-0.1, -0.05) is 37.7 Å². The number of thiophene rings is 2. The minimum Gasteiger partial charge on any atom is -0.309 e. The number of β-lactam (4-membered cyclic amide) rings is 1. The van der Waals surface area contributed by atoms with Gasteiger partial charge in [-0.05, 0) is 67.3 Å². The van der Waals surface area contributed by atoms with Crippen LogP contribution in [0.5, 0.6) is 0 Å². The summed E-state index contributed by atoms with van der Waals surface area (Å²) in [6.07, 6.45) is 5.27. The first-order valence-electron chi connectivity index (χ1n) is 11.9. The molecule has 4 aromatic rings. The molecule has 0 N–H and O–H groups in total. The summed E-state index contributed by atoms with van der Waals surface area (Å²) in [6, 6.07) is 12.5. The first-order valence-corrected chi connectivity index (χ1v) is 13.5. The molecule has 0 saturated carbocycles. The van der Waals surface area contributed by atoms with Crippen molar-refractivity contribution in [2.24, 2.45) is 0 Å². The Bertz CT molecular complexity index is 1430. The summed E-state index contributed by atoms with van der Waals surface area (Å²) in [4.78, 5) is 15.6. The van der Waals surface area contributed by atoms with E-state index < -0.39 is 11.6 Å². The molecule has 2 aromatic heterocycles. The summed E-state index contributed by atoms with van der Waals surface area (Å²) in [5.74, 6) is 4.75. The Morgan fingerprint density at radius 2 is 1.80 bits per heavy atom. The Kier molecular flexibility index (Phi) is 6.73. The highest BCUT2D eigenvalue weighted by atomic mass is 32.1. The number of anilines is 1. The van der Waals surface area contributed by atoms with Crippen molar-refractivity contribution in [3.63, 3.8) is 0 Å². The van der Waals surface area contributed by atoms with Crippen molar-refractivity contribution in [1.29, 1.82) is 0 Å². The molecule has 0 atom stereocenters. The topological polar surface area (TPSA) is 20.3 Å². The largest absolute Gasteiger partial charge is 0.309 e. The molecule has 1 saturated heterocycles. The second-order valence-corrected chi connectivity index (χ2v) is 11.1. The lowest BCUT2D eigenvalue weighted by atomic mass is 10.0. The Morgan fingerprint density at radius 1 is 0.971 bits per heavy atom. The highest BCUT2D eigenvalue weighted by molar-refractivity contribution is 7.29. The van der Waals surface area contributed by atoms with Crippen LogP contribution < -0.4 is 4.90 Å². The van der Waals surface area contributed by atoms with Crippen molar-refractivity contribution in [3.05, 3.63) is 75.7 Å². The number of halogens is 2. The first-order chi connectivity index (χ1) is 16.9. The number of rotatable bonds is 6. The van der Waals surface area contributed by atoms with Crippen LogP contribution in [-0.4, -0.2) is 12.5 Å². The molecule has 0 bridgehead atoms. The maximum atomic E-state index is 14.9. The van der Waals surface area contributed by atoms with E-state index in [2.05, 4.69) is 30.9 Å². The standard InChI is InChI=1S/C29H25F2NOS2/c1-3-4-5-6-22-16-26-27(34-22)17-25(35-26)21-10-9-20(23(30)15-21)8-7-19-13-18(2)29(24(31)14-19)32-12-11-28(32)33/h9-10,13-17H,3-6,11-12H2,1-2H3. The lowest BCUT2D eigenvalue weighted by molar-refractivity contribution is -0.122. The van der Waals surface area contributed by atoms with Gasteiger partial charge in [0.1, 0.15) is 11.6 Å². The van der Waals surface area contributed by atoms with Gasteiger partial charge >= 0.3 is 0 Å². The number of nitrogens with zero attached hydrogens (tertiary/aromatic N) is 1. The van der Waals surface area contributed by atoms with Crippen molar-refractivity contribution in [3.8, 4) is 22.3 Å². The van der Waals surface area contributed by atoms with Gasteiger partial charge in [-0.3, -0.25) is 4.79 Å². The zero-order valence-corrected chi connectivity index (χ0v) is 21.3. The fourth-order valence-electron chi connectivity index (χ4n) is 4.31. The lowest BCUT2D eigenvalue weighted by Crippen LogP contribution is -2.44. The van der Waals surface area contributed by atoms with Crippen molar-refractivity contribution < 1.29 is 13.6 Å². The lowest BCUT2D eigenvalue weighted by Gasteiger charge is -2.32. The molecule has 6 heteroatoms. The fourth-order valence-corrected chi connectivity index (χ4v) is 6.77. The Labute approximate surface area is 212 Å². The van der Waals surface area contributed by atoms with E-state index in [0.717, 1.165) is 16.9 Å². The van der Waals surface area contributed by atoms with Crippen LogP contribution in [-0.2, 0) is 11.2 Å². The SMILES string of the molecule is CCCCCc1cc2sc(-c3ccc(C#Cc4cc(C)c(N5CCC5=O)c(F)c4)c(F)c3)cc2s1. The summed E-state index contributed by atoms with van der Waals surface area (Å²) in [6.45, 7) is 4.50. The van der Waals surface area contributed by atoms with Crippen molar-refractivity contribution in [2.45, 2.75) is 46.0 Å². The molecule has 5 rings (SSSR count). The molecule has 2 aromatic carbocycles. The Hall–Kier alpha value is -3.01. The molecule has 1 aliphatic heterocycles. The number of benzene rings is 2. The van der Waals surface area contributed by atoms with E-state index in [-0.39, 0.29) is 11.5 Å². The predicted octanol–water partition coefficient (Wildman–Crippen LogP) is 8.09. The maximum absolute atomic E-state index is 14.9. The van der Waals surface area contributed by atoms with Crippen molar-refractivity contribution >= 4 is 43.7 Å². The zero-order chi connectivity index (χ0) is 24.5. The van der Waals surface area contributed by atoms with Gasteiger partial charge in [0.25, 0.3) is 0 Å². The highest BCUT2D eigenvalue weighted by Gasteiger charge is 2.29. The summed E-state index contributed by atoms with van der Waals surface area (Å²) < 4.78 is 32.0. The number of unbranched alkanes of at least 4 members (excludes halogenated alkanes) is 2. The fraction of sp³-hybridized carbons (Fsp3) is 0.276. The molecule has 2 nitrogen and oxygen atoms in total. The zero-order valence-electron chi connectivity index (χ0n) is 19.7. The molecule has 0 unspecified atom stereocenters. The third-order valence-corrected chi connectivity index (χ3v) is 8.66. The van der Waals surface area contributed by atoms with Crippen LogP contribution in [0.2, 0.25) is 0 Å². The predicted molar refractivity (Wildman–Crippen MR) is 142 cm³/mol. The molecule has 1 amide bonds. The van der Waals surface area contributed by atoms with Gasteiger partial charge in [0.05, 0.1) is 11.3 Å². The smallest absolute Gasteiger partial charge is 0.228 e. The van der Waals surface area contributed by atoms with E-state index >= 15 is 0 Å². The van der Waals surface area contributed by atoms with E-state index in [4.69, 9.17) is 0 Å². The average molecular weight is 506 g/mol. The van der Waals surface area contributed by atoms with Crippen LogP contribution in [0.1, 0.15) is 54.2 Å². The van der Waals surface area contributed by atoms with E-state index in [0.29, 0.717) is 29.8 Å². The quantitative estimate of drug-likeness (QED) is 0.147. The minimum absolute atomic E-state index is 0.0778. The number of fused-ring (bicyclic) bond motifs is 1. The van der Waals surface area contributed by atoms with E-state index in [1.165, 1.54) is 50.6 Å². The molecule has 1 aliphatic rings. The molecule has 0 radical (unpaired) electrons. The van der Waals surface area contributed by atoms with Crippen LogP contribution in [0.15, 0.2) is 42.5 Å². The molecular weight excluding hydrogens is 480 g/mol. The average Bonchev–Trinajstić information content (AvgIpc) is 3.38. The van der Waals surface area contributed by atoms with Crippen LogP contribution in [0.25, 0.3) is 19.8 Å². The molecule has 35 heavy (non-hydrogen) atoms. The molecule has 1 fully saturated rings. The summed E-state index contributed by atoms with van der Waals surface area (Å²) in [7, 11) is 0. The maximum Gasteiger partial charge on any atom is 0.228 e. The minimum atomic E-state index is -0.482. The number of carbonyl (C=O) groups is 1. The molecule has 0 aliphatic carbocycles. The van der Waals surface area contributed by atoms with Gasteiger partial charge in [0.15, 0.2) is 0 Å². The van der Waals surface area contributed by atoms with Crippen LogP contribution in [0.3, 0.4) is 0 Å². The second kappa shape index (κ2) is 9.93. The highest BCUT2D eigenvalue weighted by Crippen LogP contribution is 2.39. The van der Waals surface area contributed by atoms with Crippen LogP contribution in [0, 0.1) is 30.4 Å². The monoisotopic (exact) mass is 505 g/mol. The third kappa shape index (κ3) is 4.89. The van der Waals surface area contributed by atoms with Crippen LogP contribution in [0.4, 0.5) is 14.5 Å². The molecule has 0 spiro atoms. The van der Waals surface area contributed by atoms with E-state index in [9.17, 15) is 13.6 Å². The third-order valence-electron chi connectivity index (χ3n) is 6.25. The van der Waals surface area contributed by atoms with Crippen molar-refractivity contribution in [2.75, 3.05) is 11.4 Å². The van der Waals surface area contributed by atoms with Crippen molar-refractivity contribution in [1.82, 2.24) is 0 Å². The van der Waals surface area contributed by atoms with Crippen LogP contribution >= 0.6 is 22.7 Å². The van der Waals surface area contributed by atoms with Gasteiger partial charge in [0, 0.05) is 37.7 Å². The van der Waals surface area contributed by atoms with Gasteiger partial charge in [-0.2, -0.15) is 0 Å². The van der Waals surface area contributed by atoms with Gasteiger partial charge in [-0.25, -0.2) is 8.78 Å². The number of amides is 1. The normalized spacial score (nSPS) is 13.1. The number of hydrogen-bond donors (Lipinski definition) is 0. The summed E-state index contributed by atoms with van der Waals surface area (Å²) in [5, 5.41) is 0. The number of carbonyl (C=O) groups excluding carboxylic acids is 1. The van der Waals surface area contributed by atoms with Gasteiger partial charge < -0.3 is 4.90 Å². The second-order valence-electron chi connectivity index (χ2n) is 8.87. The Balaban J connectivity index is 1.34. The molecule has 178 valence electrons. The summed E-state index contributed by atoms with van der Waals surface area (Å²) in [5.41, 5.74) is 2.51. The number of hydrogen-bond acceptors (Lipinski definition) is 3. The summed E-state index contributed by atoms with van der Waals surface area (Å²) >= 11 is 3.52. The number of aryl methyl sites for hydroxylation is 2.